The minimum Gasteiger partial charge on any atom is -0.343 e. The molecule has 0 aromatic carbocycles. The summed E-state index contributed by atoms with van der Waals surface area (Å²) in [5.41, 5.74) is 0.109. The van der Waals surface area contributed by atoms with Gasteiger partial charge in [-0.05, 0) is 43.6 Å². The molecule has 1 N–H and O–H groups in total. The van der Waals surface area contributed by atoms with Crippen LogP contribution in [0.4, 0.5) is 0 Å². The maximum absolute atomic E-state index is 12.1. The monoisotopic (exact) mass is 252 g/mol. The van der Waals surface area contributed by atoms with E-state index in [1.165, 1.54) is 19.4 Å². The Morgan fingerprint density at radius 3 is 2.28 bits per heavy atom. The molecule has 0 atom stereocenters. The maximum atomic E-state index is 12.1. The molecule has 18 heavy (non-hydrogen) atoms. The van der Waals surface area contributed by atoms with E-state index in [0.29, 0.717) is 18.4 Å². The molecule has 0 spiro atoms. The minimum absolute atomic E-state index is 0.109. The lowest BCUT2D eigenvalue weighted by molar-refractivity contribution is -0.134. The lowest BCUT2D eigenvalue weighted by atomic mass is 9.91. The number of carbonyl (C=O) groups is 1. The maximum Gasteiger partial charge on any atom is 0.223 e. The fourth-order valence-corrected chi connectivity index (χ4v) is 2.55. The molecule has 0 radical (unpaired) electrons. The van der Waals surface area contributed by atoms with E-state index in [9.17, 15) is 4.79 Å². The van der Waals surface area contributed by atoms with Crippen LogP contribution >= 0.6 is 0 Å². The first-order valence-corrected chi connectivity index (χ1v) is 7.45. The Bertz CT molecular complexity index is 283. The van der Waals surface area contributed by atoms with Crippen LogP contribution in [0.3, 0.4) is 0 Å². The second kappa shape index (κ2) is 5.60. The normalized spacial score (nSPS) is 22.3. The molecular weight excluding hydrogens is 224 g/mol. The molecule has 3 nitrogen and oxygen atoms in total. The van der Waals surface area contributed by atoms with E-state index in [2.05, 4.69) is 31.0 Å². The van der Waals surface area contributed by atoms with Crippen LogP contribution in [0.2, 0.25) is 0 Å². The largest absolute Gasteiger partial charge is 0.343 e. The molecule has 2 rings (SSSR count). The quantitative estimate of drug-likeness (QED) is 0.833. The van der Waals surface area contributed by atoms with Crippen LogP contribution in [0, 0.1) is 11.3 Å². The third-order valence-electron chi connectivity index (χ3n) is 3.92. The van der Waals surface area contributed by atoms with Gasteiger partial charge in [0, 0.05) is 25.6 Å². The zero-order valence-electron chi connectivity index (χ0n) is 12.2. The van der Waals surface area contributed by atoms with Crippen LogP contribution in [-0.4, -0.2) is 36.5 Å². The Labute approximate surface area is 111 Å². The van der Waals surface area contributed by atoms with Crippen molar-refractivity contribution < 1.29 is 4.79 Å². The summed E-state index contributed by atoms with van der Waals surface area (Å²) in [6.07, 6.45) is 5.75. The zero-order valence-corrected chi connectivity index (χ0v) is 12.2. The molecule has 1 heterocycles. The second-order valence-corrected chi connectivity index (χ2v) is 7.24. The molecule has 1 aliphatic carbocycles. The van der Waals surface area contributed by atoms with E-state index < -0.39 is 0 Å². The van der Waals surface area contributed by atoms with Gasteiger partial charge in [0.2, 0.25) is 5.91 Å². The predicted octanol–water partition coefficient (Wildman–Crippen LogP) is 2.41. The number of nitrogens with one attached hydrogen (secondary N) is 1. The van der Waals surface area contributed by atoms with Crippen molar-refractivity contribution in [3.8, 4) is 0 Å². The number of likely N-dealkylation sites (tertiary alicyclic amines) is 1. The molecule has 0 bridgehead atoms. The third kappa shape index (κ3) is 4.60. The first kappa shape index (κ1) is 13.9. The van der Waals surface area contributed by atoms with Gasteiger partial charge in [0.05, 0.1) is 0 Å². The lowest BCUT2D eigenvalue weighted by Gasteiger charge is -2.34. The van der Waals surface area contributed by atoms with E-state index >= 15 is 0 Å². The highest BCUT2D eigenvalue weighted by Gasteiger charge is 2.27. The Morgan fingerprint density at radius 2 is 1.78 bits per heavy atom. The van der Waals surface area contributed by atoms with Gasteiger partial charge in [-0.3, -0.25) is 4.79 Å². The van der Waals surface area contributed by atoms with Gasteiger partial charge in [-0.2, -0.15) is 0 Å². The minimum atomic E-state index is 0.109. The standard InChI is InChI=1S/C15H28N2O/c1-15(2,3)10-14(18)17-8-6-13(7-9-17)16-11-12-4-5-12/h12-13,16H,4-11H2,1-3H3. The highest BCUT2D eigenvalue weighted by molar-refractivity contribution is 5.76. The van der Waals surface area contributed by atoms with E-state index in [-0.39, 0.29) is 5.41 Å². The van der Waals surface area contributed by atoms with Crippen molar-refractivity contribution in [3.05, 3.63) is 0 Å². The molecule has 104 valence electrons. The molecule has 0 unspecified atom stereocenters. The molecule has 1 amide bonds. The number of carbonyl (C=O) groups excluding carboxylic acids is 1. The average Bonchev–Trinajstić information content (AvgIpc) is 3.08. The molecule has 2 aliphatic rings. The molecule has 1 saturated heterocycles. The van der Waals surface area contributed by atoms with Crippen LogP contribution in [0.15, 0.2) is 0 Å². The van der Waals surface area contributed by atoms with Gasteiger partial charge in [-0.25, -0.2) is 0 Å². The molecule has 1 saturated carbocycles. The SMILES string of the molecule is CC(C)(C)CC(=O)N1CCC(NCC2CC2)CC1. The van der Waals surface area contributed by atoms with Crippen LogP contribution in [0.5, 0.6) is 0 Å². The van der Waals surface area contributed by atoms with Gasteiger partial charge in [0.25, 0.3) is 0 Å². The molecule has 0 aromatic rings. The molecule has 0 aromatic heterocycles. The fourth-order valence-electron chi connectivity index (χ4n) is 2.55. The number of piperidine rings is 1. The first-order valence-electron chi connectivity index (χ1n) is 7.45. The molecule has 1 aliphatic heterocycles. The summed E-state index contributed by atoms with van der Waals surface area (Å²) >= 11 is 0. The second-order valence-electron chi connectivity index (χ2n) is 7.24. The topological polar surface area (TPSA) is 32.3 Å². The van der Waals surface area contributed by atoms with Crippen molar-refractivity contribution in [2.45, 2.75) is 58.9 Å². The van der Waals surface area contributed by atoms with Crippen molar-refractivity contribution in [1.29, 1.82) is 0 Å². The molecule has 3 heteroatoms. The average molecular weight is 252 g/mol. The zero-order chi connectivity index (χ0) is 13.2. The van der Waals surface area contributed by atoms with E-state index in [0.717, 1.165) is 31.8 Å². The van der Waals surface area contributed by atoms with E-state index in [1.54, 1.807) is 0 Å². The summed E-state index contributed by atoms with van der Waals surface area (Å²) in [5.74, 6) is 1.29. The van der Waals surface area contributed by atoms with Crippen molar-refractivity contribution >= 4 is 5.91 Å². The number of rotatable bonds is 4. The van der Waals surface area contributed by atoms with Gasteiger partial charge < -0.3 is 10.2 Å². The number of amides is 1. The van der Waals surface area contributed by atoms with Crippen LogP contribution < -0.4 is 5.32 Å². The van der Waals surface area contributed by atoms with Crippen molar-refractivity contribution in [3.63, 3.8) is 0 Å². The fraction of sp³-hybridized carbons (Fsp3) is 0.933. The van der Waals surface area contributed by atoms with Crippen LogP contribution in [0.25, 0.3) is 0 Å². The van der Waals surface area contributed by atoms with Crippen LogP contribution in [0.1, 0.15) is 52.9 Å². The summed E-state index contributed by atoms with van der Waals surface area (Å²) in [6.45, 7) is 9.48. The highest BCUT2D eigenvalue weighted by Crippen LogP contribution is 2.28. The smallest absolute Gasteiger partial charge is 0.223 e. The Balaban J connectivity index is 1.67. The van der Waals surface area contributed by atoms with Gasteiger partial charge in [-0.1, -0.05) is 20.8 Å². The lowest BCUT2D eigenvalue weighted by Crippen LogP contribution is -2.46. The van der Waals surface area contributed by atoms with Crippen molar-refractivity contribution in [1.82, 2.24) is 10.2 Å². The first-order chi connectivity index (χ1) is 8.44. The summed E-state index contributed by atoms with van der Waals surface area (Å²) in [7, 11) is 0. The van der Waals surface area contributed by atoms with Crippen molar-refractivity contribution in [2.24, 2.45) is 11.3 Å². The van der Waals surface area contributed by atoms with Crippen molar-refractivity contribution in [2.75, 3.05) is 19.6 Å². The highest BCUT2D eigenvalue weighted by atomic mass is 16.2. The van der Waals surface area contributed by atoms with Gasteiger partial charge >= 0.3 is 0 Å². The Morgan fingerprint density at radius 1 is 1.17 bits per heavy atom. The van der Waals surface area contributed by atoms with E-state index in [1.807, 2.05) is 0 Å². The summed E-state index contributed by atoms with van der Waals surface area (Å²) in [5, 5.41) is 3.65. The summed E-state index contributed by atoms with van der Waals surface area (Å²) in [6, 6.07) is 0.643. The summed E-state index contributed by atoms with van der Waals surface area (Å²) < 4.78 is 0. The number of nitrogens with zero attached hydrogens (tertiary/aromatic N) is 1. The predicted molar refractivity (Wildman–Crippen MR) is 74.4 cm³/mol. The van der Waals surface area contributed by atoms with Gasteiger partial charge in [0.15, 0.2) is 0 Å². The Kier molecular flexibility index (Phi) is 4.31. The number of hydrogen-bond acceptors (Lipinski definition) is 2. The third-order valence-corrected chi connectivity index (χ3v) is 3.92. The number of hydrogen-bond donors (Lipinski definition) is 1. The van der Waals surface area contributed by atoms with Gasteiger partial charge in [-0.15, -0.1) is 0 Å². The van der Waals surface area contributed by atoms with Crippen LogP contribution in [-0.2, 0) is 4.79 Å². The van der Waals surface area contributed by atoms with Gasteiger partial charge in [0.1, 0.15) is 0 Å². The molecular formula is C15H28N2O. The summed E-state index contributed by atoms with van der Waals surface area (Å²) in [4.78, 5) is 14.2. The molecule has 2 fully saturated rings. The Hall–Kier alpha value is -0.570. The van der Waals surface area contributed by atoms with E-state index in [4.69, 9.17) is 0 Å².